The molecule has 1 N–H and O–H groups in total. The van der Waals surface area contributed by atoms with E-state index < -0.39 is 17.4 Å². The lowest BCUT2D eigenvalue weighted by molar-refractivity contribution is 0.101. The predicted molar refractivity (Wildman–Crippen MR) is 57.1 cm³/mol. The molecule has 0 fully saturated rings. The van der Waals surface area contributed by atoms with Crippen LogP contribution in [-0.2, 0) is 0 Å². The third-order valence-electron chi connectivity index (χ3n) is 2.06. The van der Waals surface area contributed by atoms with E-state index in [1.54, 1.807) is 6.08 Å². The first-order chi connectivity index (χ1) is 7.56. The molecule has 86 valence electrons. The maximum atomic E-state index is 13.3. The number of aliphatic hydroxyl groups excluding tert-OH is 1. The second kappa shape index (κ2) is 5.51. The molecule has 16 heavy (non-hydrogen) atoms. The number of Topliss-reactive ketones (excluding diaryl/α,β-unsaturated/α-hetero) is 1. The summed E-state index contributed by atoms with van der Waals surface area (Å²) >= 11 is 0. The van der Waals surface area contributed by atoms with E-state index in [0.29, 0.717) is 12.5 Å². The minimum atomic E-state index is -0.857. The summed E-state index contributed by atoms with van der Waals surface area (Å²) in [6.45, 7) is 1.18. The van der Waals surface area contributed by atoms with Gasteiger partial charge in [-0.1, -0.05) is 12.2 Å². The normalized spacial score (nSPS) is 11.0. The monoisotopic (exact) mass is 226 g/mol. The molecule has 4 heteroatoms. The number of hydrogen-bond donors (Lipinski definition) is 1. The molecule has 0 aromatic heterocycles. The van der Waals surface area contributed by atoms with Gasteiger partial charge in [-0.15, -0.1) is 0 Å². The van der Waals surface area contributed by atoms with Crippen LogP contribution < -0.4 is 0 Å². The van der Waals surface area contributed by atoms with Crippen molar-refractivity contribution in [2.45, 2.75) is 13.3 Å². The van der Waals surface area contributed by atoms with Crippen molar-refractivity contribution in [3.63, 3.8) is 0 Å². The average Bonchev–Trinajstić information content (AvgIpc) is 2.21. The maximum Gasteiger partial charge on any atom is 0.162 e. The molecular weight excluding hydrogens is 214 g/mol. The lowest BCUT2D eigenvalue weighted by Gasteiger charge is -2.02. The summed E-state index contributed by atoms with van der Waals surface area (Å²) in [5.74, 6) is -2.03. The number of halogens is 2. The maximum absolute atomic E-state index is 13.3. The number of carbonyl (C=O) groups excluding carboxylic acids is 1. The molecule has 2 nitrogen and oxygen atoms in total. The number of benzene rings is 1. The number of hydrogen-bond acceptors (Lipinski definition) is 2. The van der Waals surface area contributed by atoms with Crippen molar-refractivity contribution in [1.82, 2.24) is 0 Å². The Hall–Kier alpha value is -1.55. The van der Waals surface area contributed by atoms with E-state index in [-0.39, 0.29) is 17.7 Å². The quantitative estimate of drug-likeness (QED) is 0.801. The van der Waals surface area contributed by atoms with Crippen LogP contribution in [0.1, 0.15) is 29.3 Å². The highest BCUT2D eigenvalue weighted by Gasteiger charge is 2.11. The zero-order chi connectivity index (χ0) is 12.1. The fourth-order valence-corrected chi connectivity index (χ4v) is 1.25. The second-order valence-electron chi connectivity index (χ2n) is 3.32. The van der Waals surface area contributed by atoms with Crippen LogP contribution in [0.2, 0.25) is 0 Å². The molecule has 0 spiro atoms. The Morgan fingerprint density at radius 3 is 2.62 bits per heavy atom. The van der Waals surface area contributed by atoms with Crippen molar-refractivity contribution >= 4 is 11.9 Å². The van der Waals surface area contributed by atoms with E-state index in [4.69, 9.17) is 5.11 Å². The Labute approximate surface area is 92.2 Å². The van der Waals surface area contributed by atoms with Gasteiger partial charge in [-0.3, -0.25) is 4.79 Å². The van der Waals surface area contributed by atoms with Gasteiger partial charge in [-0.2, -0.15) is 0 Å². The number of carbonyl (C=O) groups is 1. The van der Waals surface area contributed by atoms with Crippen molar-refractivity contribution in [3.8, 4) is 0 Å². The van der Waals surface area contributed by atoms with Crippen LogP contribution >= 0.6 is 0 Å². The SMILES string of the molecule is CC(=O)c1cc(C=CCCO)c(F)cc1F. The van der Waals surface area contributed by atoms with Crippen molar-refractivity contribution in [2.75, 3.05) is 6.61 Å². The smallest absolute Gasteiger partial charge is 0.162 e. The van der Waals surface area contributed by atoms with E-state index in [0.717, 1.165) is 0 Å². The fourth-order valence-electron chi connectivity index (χ4n) is 1.25. The first-order valence-electron chi connectivity index (χ1n) is 4.83. The van der Waals surface area contributed by atoms with Crippen LogP contribution in [0, 0.1) is 11.6 Å². The van der Waals surface area contributed by atoms with E-state index in [2.05, 4.69) is 0 Å². The molecule has 0 aliphatic carbocycles. The van der Waals surface area contributed by atoms with Crippen molar-refractivity contribution in [2.24, 2.45) is 0 Å². The summed E-state index contributed by atoms with van der Waals surface area (Å²) in [4.78, 5) is 11.0. The van der Waals surface area contributed by atoms with Crippen LogP contribution in [0.3, 0.4) is 0 Å². The molecule has 0 bridgehead atoms. The topological polar surface area (TPSA) is 37.3 Å². The van der Waals surface area contributed by atoms with Gasteiger partial charge >= 0.3 is 0 Å². The zero-order valence-electron chi connectivity index (χ0n) is 8.84. The summed E-state index contributed by atoms with van der Waals surface area (Å²) in [7, 11) is 0. The van der Waals surface area contributed by atoms with Crippen LogP contribution in [0.4, 0.5) is 8.78 Å². The highest BCUT2D eigenvalue weighted by Crippen LogP contribution is 2.17. The van der Waals surface area contributed by atoms with Gasteiger partial charge in [0.05, 0.1) is 5.56 Å². The van der Waals surface area contributed by atoms with Gasteiger partial charge in [0.2, 0.25) is 0 Å². The van der Waals surface area contributed by atoms with E-state index in [1.165, 1.54) is 19.1 Å². The Morgan fingerprint density at radius 2 is 2.06 bits per heavy atom. The predicted octanol–water partition coefficient (Wildman–Crippen LogP) is 2.56. The lowest BCUT2D eigenvalue weighted by Crippen LogP contribution is -1.99. The molecule has 0 aliphatic heterocycles. The van der Waals surface area contributed by atoms with Gasteiger partial charge in [0.15, 0.2) is 5.78 Å². The Bertz CT molecular complexity index is 425. The lowest BCUT2D eigenvalue weighted by atomic mass is 10.1. The molecular formula is C12H12F2O2. The van der Waals surface area contributed by atoms with Gasteiger partial charge in [-0.05, 0) is 19.4 Å². The highest BCUT2D eigenvalue weighted by molar-refractivity contribution is 5.94. The molecule has 1 aromatic carbocycles. The number of ketones is 1. The minimum absolute atomic E-state index is 0.0428. The van der Waals surface area contributed by atoms with Crippen LogP contribution in [0.5, 0.6) is 0 Å². The van der Waals surface area contributed by atoms with Crippen LogP contribution in [-0.4, -0.2) is 17.5 Å². The van der Waals surface area contributed by atoms with Crippen molar-refractivity contribution in [1.29, 1.82) is 0 Å². The molecule has 0 aliphatic rings. The van der Waals surface area contributed by atoms with Gasteiger partial charge in [-0.25, -0.2) is 8.78 Å². The standard InChI is InChI=1S/C12H12F2O2/c1-8(16)10-6-9(4-2-3-5-15)11(13)7-12(10)14/h2,4,6-7,15H,3,5H2,1H3. The molecule has 1 rings (SSSR count). The second-order valence-corrected chi connectivity index (χ2v) is 3.32. The molecule has 0 radical (unpaired) electrons. The van der Waals surface area contributed by atoms with Crippen molar-refractivity contribution < 1.29 is 18.7 Å². The third kappa shape index (κ3) is 2.97. The van der Waals surface area contributed by atoms with Gasteiger partial charge in [0.25, 0.3) is 0 Å². The van der Waals surface area contributed by atoms with E-state index >= 15 is 0 Å². The first kappa shape index (κ1) is 12.5. The Kier molecular flexibility index (Phi) is 4.31. The zero-order valence-corrected chi connectivity index (χ0v) is 8.84. The van der Waals surface area contributed by atoms with Crippen molar-refractivity contribution in [3.05, 3.63) is 41.0 Å². The molecule has 0 saturated heterocycles. The summed E-state index contributed by atoms with van der Waals surface area (Å²) in [6, 6.07) is 1.86. The summed E-state index contributed by atoms with van der Waals surface area (Å²) < 4.78 is 26.4. The first-order valence-corrected chi connectivity index (χ1v) is 4.83. The molecule has 0 atom stereocenters. The third-order valence-corrected chi connectivity index (χ3v) is 2.06. The highest BCUT2D eigenvalue weighted by atomic mass is 19.1. The largest absolute Gasteiger partial charge is 0.396 e. The molecule has 0 amide bonds. The van der Waals surface area contributed by atoms with Crippen LogP contribution in [0.25, 0.3) is 6.08 Å². The van der Waals surface area contributed by atoms with Crippen LogP contribution in [0.15, 0.2) is 18.2 Å². The average molecular weight is 226 g/mol. The summed E-state index contributed by atoms with van der Waals surface area (Å²) in [5, 5.41) is 8.54. The molecule has 0 saturated carbocycles. The Balaban J connectivity index is 3.09. The summed E-state index contributed by atoms with van der Waals surface area (Å²) in [5.41, 5.74) is 0.00472. The summed E-state index contributed by atoms with van der Waals surface area (Å²) in [6.07, 6.45) is 3.35. The molecule has 1 aromatic rings. The minimum Gasteiger partial charge on any atom is -0.396 e. The van der Waals surface area contributed by atoms with Gasteiger partial charge in [0.1, 0.15) is 11.6 Å². The molecule has 0 heterocycles. The Morgan fingerprint density at radius 1 is 1.38 bits per heavy atom. The van der Waals surface area contributed by atoms with E-state index in [1.807, 2.05) is 0 Å². The number of rotatable bonds is 4. The van der Waals surface area contributed by atoms with Gasteiger partial charge in [0, 0.05) is 18.2 Å². The van der Waals surface area contributed by atoms with E-state index in [9.17, 15) is 13.6 Å². The number of aliphatic hydroxyl groups is 1. The molecule has 0 unspecified atom stereocenters. The fraction of sp³-hybridized carbons (Fsp3) is 0.250. The van der Waals surface area contributed by atoms with Gasteiger partial charge < -0.3 is 5.11 Å².